The largest absolute Gasteiger partial charge is 0.401 e. The summed E-state index contributed by atoms with van der Waals surface area (Å²) < 4.78 is 1.49. The van der Waals surface area contributed by atoms with Crippen LogP contribution in [0.25, 0.3) is 0 Å². The van der Waals surface area contributed by atoms with Gasteiger partial charge in [-0.3, -0.25) is 19.5 Å². The van der Waals surface area contributed by atoms with Crippen molar-refractivity contribution >= 4 is 28.9 Å². The number of benzene rings is 1. The summed E-state index contributed by atoms with van der Waals surface area (Å²) in [5.41, 5.74) is 10.1. The molecule has 1 aliphatic heterocycles. The Morgan fingerprint density at radius 3 is 2.41 bits per heavy atom. The molecule has 0 bridgehead atoms. The molecule has 0 radical (unpaired) electrons. The van der Waals surface area contributed by atoms with Crippen LogP contribution in [0, 0.1) is 12.8 Å². The number of aromatic nitrogens is 1. The van der Waals surface area contributed by atoms with Crippen LogP contribution >= 0.6 is 11.6 Å². The molecule has 6 nitrogen and oxygen atoms in total. The topological polar surface area (TPSA) is 80.7 Å². The highest BCUT2D eigenvalue weighted by Crippen LogP contribution is 2.43. The first-order valence-electron chi connectivity index (χ1n) is 9.56. The third-order valence-electron chi connectivity index (χ3n) is 5.56. The molecule has 4 rings (SSSR count). The summed E-state index contributed by atoms with van der Waals surface area (Å²) in [6.45, 7) is 1.74. The zero-order valence-electron chi connectivity index (χ0n) is 16.6. The molecule has 0 spiro atoms. The van der Waals surface area contributed by atoms with E-state index in [0.717, 1.165) is 18.4 Å². The molecular weight excluding hydrogens is 388 g/mol. The van der Waals surface area contributed by atoms with Gasteiger partial charge in [0.15, 0.2) is 0 Å². The van der Waals surface area contributed by atoms with Crippen LogP contribution in [-0.2, 0) is 11.8 Å². The number of carbonyl (C=O) groups excluding carboxylic acids is 1. The predicted octanol–water partition coefficient (Wildman–Crippen LogP) is 3.13. The maximum Gasteiger partial charge on any atom is 0.262 e. The molecule has 2 fully saturated rings. The average Bonchev–Trinajstić information content (AvgIpc) is 3.49. The van der Waals surface area contributed by atoms with Gasteiger partial charge in [-0.05, 0) is 49.4 Å². The predicted molar refractivity (Wildman–Crippen MR) is 115 cm³/mol. The van der Waals surface area contributed by atoms with Gasteiger partial charge >= 0.3 is 0 Å². The van der Waals surface area contributed by atoms with Crippen molar-refractivity contribution in [2.24, 2.45) is 23.7 Å². The van der Waals surface area contributed by atoms with Gasteiger partial charge in [0.1, 0.15) is 6.04 Å². The van der Waals surface area contributed by atoms with Crippen LogP contribution in [0.4, 0.5) is 5.69 Å². The number of anilines is 1. The van der Waals surface area contributed by atoms with Crippen LogP contribution < -0.4 is 16.2 Å². The van der Waals surface area contributed by atoms with Crippen LogP contribution in [-0.4, -0.2) is 23.2 Å². The van der Waals surface area contributed by atoms with E-state index >= 15 is 0 Å². The molecule has 29 heavy (non-hydrogen) atoms. The third-order valence-corrected chi connectivity index (χ3v) is 5.82. The minimum absolute atomic E-state index is 0.0962. The summed E-state index contributed by atoms with van der Waals surface area (Å²) in [5, 5.41) is 0.617. The number of amides is 1. The van der Waals surface area contributed by atoms with E-state index in [1.165, 1.54) is 4.57 Å². The van der Waals surface area contributed by atoms with E-state index in [0.29, 0.717) is 33.3 Å². The standard InChI is InChI=1S/C22H23ClN4O2/c1-12-10-16(11-26(3)21(12)28)27-20(14-6-8-15(23)9-7-14)19(25-2)17(22(27)29)18(24)13-4-5-13/h6-11,13,20H,4-5,24H2,1-3H3/b18-17+,25-19?/t20-/m1/s1. The van der Waals surface area contributed by atoms with Crippen molar-refractivity contribution in [3.8, 4) is 0 Å². The zero-order chi connectivity index (χ0) is 20.9. The highest BCUT2D eigenvalue weighted by atomic mass is 35.5. The Labute approximate surface area is 174 Å². The fourth-order valence-electron chi connectivity index (χ4n) is 3.92. The van der Waals surface area contributed by atoms with Gasteiger partial charge in [0.25, 0.3) is 11.5 Å². The number of allylic oxidation sites excluding steroid dienone is 1. The highest BCUT2D eigenvalue weighted by Gasteiger charge is 2.46. The SMILES string of the molecule is CN=C1/C(=C(\N)C2CC2)C(=O)N(c2cc(C)c(=O)n(C)c2)[C@@H]1c1ccc(Cl)cc1. The molecule has 1 amide bonds. The molecule has 1 aliphatic carbocycles. The minimum Gasteiger partial charge on any atom is -0.401 e. The minimum atomic E-state index is -0.436. The average molecular weight is 411 g/mol. The molecule has 0 unspecified atom stereocenters. The maximum atomic E-state index is 13.6. The first-order chi connectivity index (χ1) is 13.8. The van der Waals surface area contributed by atoms with E-state index in [1.54, 1.807) is 50.3 Å². The number of aliphatic imine (C=N–C) groups is 1. The van der Waals surface area contributed by atoms with Crippen LogP contribution in [0.1, 0.15) is 30.0 Å². The number of rotatable bonds is 3. The lowest BCUT2D eigenvalue weighted by Crippen LogP contribution is -2.31. The summed E-state index contributed by atoms with van der Waals surface area (Å²) in [4.78, 5) is 32.0. The Bertz CT molecular complexity index is 1080. The summed E-state index contributed by atoms with van der Waals surface area (Å²) in [7, 11) is 3.36. The number of halogens is 1. The molecule has 2 N–H and O–H groups in total. The van der Waals surface area contributed by atoms with Crippen LogP contribution in [0.5, 0.6) is 0 Å². The van der Waals surface area contributed by atoms with Gasteiger partial charge in [0, 0.05) is 36.6 Å². The van der Waals surface area contributed by atoms with Crippen molar-refractivity contribution < 1.29 is 4.79 Å². The van der Waals surface area contributed by atoms with Crippen molar-refractivity contribution in [1.29, 1.82) is 0 Å². The number of carbonyl (C=O) groups is 1. The molecule has 1 aromatic carbocycles. The van der Waals surface area contributed by atoms with Crippen molar-refractivity contribution in [3.63, 3.8) is 0 Å². The summed E-state index contributed by atoms with van der Waals surface area (Å²) in [6.07, 6.45) is 3.66. The number of nitrogens with two attached hydrogens (primary N) is 1. The molecule has 1 saturated carbocycles. The quantitative estimate of drug-likeness (QED) is 0.789. The van der Waals surface area contributed by atoms with E-state index in [2.05, 4.69) is 4.99 Å². The zero-order valence-corrected chi connectivity index (χ0v) is 17.4. The molecule has 1 saturated heterocycles. The fourth-order valence-corrected chi connectivity index (χ4v) is 4.04. The first-order valence-corrected chi connectivity index (χ1v) is 9.94. The van der Waals surface area contributed by atoms with Crippen molar-refractivity contribution in [2.75, 3.05) is 11.9 Å². The van der Waals surface area contributed by atoms with E-state index < -0.39 is 6.04 Å². The molecule has 1 atom stereocenters. The number of hydrogen-bond donors (Lipinski definition) is 1. The summed E-state index contributed by atoms with van der Waals surface area (Å²) >= 11 is 6.08. The van der Waals surface area contributed by atoms with Gasteiger partial charge in [0.05, 0.1) is 17.0 Å². The summed E-state index contributed by atoms with van der Waals surface area (Å²) in [6, 6.07) is 8.68. The fraction of sp³-hybridized carbons (Fsp3) is 0.318. The second-order valence-corrected chi connectivity index (χ2v) is 8.08. The number of pyridine rings is 1. The molecule has 2 aromatic rings. The van der Waals surface area contributed by atoms with Crippen LogP contribution in [0.2, 0.25) is 5.02 Å². The normalized spacial score (nSPS) is 22.5. The highest BCUT2D eigenvalue weighted by molar-refractivity contribution is 6.35. The lowest BCUT2D eigenvalue weighted by Gasteiger charge is -2.25. The maximum absolute atomic E-state index is 13.6. The third kappa shape index (κ3) is 3.27. The van der Waals surface area contributed by atoms with Gasteiger partial charge in [-0.1, -0.05) is 23.7 Å². The first kappa shape index (κ1) is 19.5. The van der Waals surface area contributed by atoms with E-state index in [1.807, 2.05) is 12.1 Å². The number of hydrogen-bond acceptors (Lipinski definition) is 4. The number of nitrogens with zero attached hydrogens (tertiary/aromatic N) is 3. The molecule has 2 heterocycles. The van der Waals surface area contributed by atoms with E-state index in [-0.39, 0.29) is 17.4 Å². The molecule has 7 heteroatoms. The van der Waals surface area contributed by atoms with Gasteiger partial charge in [-0.15, -0.1) is 0 Å². The Balaban J connectivity index is 1.95. The van der Waals surface area contributed by atoms with E-state index in [9.17, 15) is 9.59 Å². The second kappa shape index (κ2) is 7.19. The Hall–Kier alpha value is -2.86. The Morgan fingerprint density at radius 1 is 1.21 bits per heavy atom. The van der Waals surface area contributed by atoms with Crippen molar-refractivity contribution in [2.45, 2.75) is 25.8 Å². The van der Waals surface area contributed by atoms with E-state index in [4.69, 9.17) is 17.3 Å². The summed E-state index contributed by atoms with van der Waals surface area (Å²) in [5.74, 6) is 0.0476. The smallest absolute Gasteiger partial charge is 0.262 e. The van der Waals surface area contributed by atoms with Crippen LogP contribution in [0.15, 0.2) is 57.6 Å². The molecular formula is C22H23ClN4O2. The van der Waals surface area contributed by atoms with Gasteiger partial charge < -0.3 is 10.3 Å². The lowest BCUT2D eigenvalue weighted by atomic mass is 9.98. The molecule has 150 valence electrons. The van der Waals surface area contributed by atoms with Crippen molar-refractivity contribution in [1.82, 2.24) is 4.57 Å². The molecule has 1 aromatic heterocycles. The number of aryl methyl sites for hydroxylation is 2. The van der Waals surface area contributed by atoms with Gasteiger partial charge in [-0.25, -0.2) is 0 Å². The monoisotopic (exact) mass is 410 g/mol. The molecule has 2 aliphatic rings. The van der Waals surface area contributed by atoms with Crippen LogP contribution in [0.3, 0.4) is 0 Å². The lowest BCUT2D eigenvalue weighted by molar-refractivity contribution is -0.114. The van der Waals surface area contributed by atoms with Crippen molar-refractivity contribution in [3.05, 3.63) is 74.3 Å². The Kier molecular flexibility index (Phi) is 4.82. The van der Waals surface area contributed by atoms with Gasteiger partial charge in [0.2, 0.25) is 0 Å². The van der Waals surface area contributed by atoms with Gasteiger partial charge in [-0.2, -0.15) is 0 Å². The second-order valence-electron chi connectivity index (χ2n) is 7.64. The Morgan fingerprint density at radius 2 is 1.86 bits per heavy atom.